The molecule has 0 spiro atoms. The zero-order valence-electron chi connectivity index (χ0n) is 15.1. The lowest BCUT2D eigenvalue weighted by Gasteiger charge is -2.22. The fourth-order valence-electron chi connectivity index (χ4n) is 4.38. The molecule has 1 fully saturated rings. The Kier molecular flexibility index (Phi) is 4.50. The van der Waals surface area contributed by atoms with Crippen molar-refractivity contribution in [3.05, 3.63) is 62.5 Å². The molecule has 1 aliphatic heterocycles. The Morgan fingerprint density at radius 1 is 1.11 bits per heavy atom. The average molecular weight is 508 g/mol. The normalized spacial score (nSPS) is 27.3. The number of fused-ring (bicyclic) bond motifs is 3. The maximum absolute atomic E-state index is 13.5. The summed E-state index contributed by atoms with van der Waals surface area (Å²) in [6.07, 6.45) is 0. The van der Waals surface area contributed by atoms with Crippen LogP contribution < -0.4 is 4.74 Å². The highest BCUT2D eigenvalue weighted by molar-refractivity contribution is 9.10. The smallest absolute Gasteiger partial charge is 0.330 e. The molecule has 28 heavy (non-hydrogen) atoms. The maximum Gasteiger partial charge on any atom is 0.330 e. The molecule has 0 unspecified atom stereocenters. The van der Waals surface area contributed by atoms with Gasteiger partial charge in [0, 0.05) is 26.0 Å². The van der Waals surface area contributed by atoms with Crippen molar-refractivity contribution >= 4 is 49.6 Å². The summed E-state index contributed by atoms with van der Waals surface area (Å²) in [7, 11) is 0. The zero-order chi connectivity index (χ0) is 20.3. The highest BCUT2D eigenvalue weighted by Gasteiger charge is 2.89. The van der Waals surface area contributed by atoms with E-state index in [4.69, 9.17) is 9.47 Å². The van der Waals surface area contributed by atoms with Gasteiger partial charge in [0.2, 0.25) is 0 Å². The van der Waals surface area contributed by atoms with Crippen LogP contribution >= 0.6 is 31.9 Å². The van der Waals surface area contributed by atoms with Crippen LogP contribution in [0.2, 0.25) is 0 Å². The van der Waals surface area contributed by atoms with Gasteiger partial charge in [-0.1, -0.05) is 44.0 Å². The second kappa shape index (κ2) is 6.52. The predicted octanol–water partition coefficient (Wildman–Crippen LogP) is 4.67. The molecule has 0 bridgehead atoms. The van der Waals surface area contributed by atoms with Crippen molar-refractivity contribution in [1.29, 1.82) is 0 Å². The van der Waals surface area contributed by atoms with E-state index in [0.29, 0.717) is 16.9 Å². The molecular formula is C21H16Br2O5. The first kappa shape index (κ1) is 19.3. The van der Waals surface area contributed by atoms with E-state index in [1.165, 1.54) is 0 Å². The van der Waals surface area contributed by atoms with Gasteiger partial charge in [-0.2, -0.15) is 0 Å². The van der Waals surface area contributed by atoms with Gasteiger partial charge in [-0.25, -0.2) is 0 Å². The number of esters is 2. The van der Waals surface area contributed by atoms with Crippen molar-refractivity contribution in [3.63, 3.8) is 0 Å². The minimum atomic E-state index is -1.68. The van der Waals surface area contributed by atoms with Crippen LogP contribution in [0.25, 0.3) is 0 Å². The summed E-state index contributed by atoms with van der Waals surface area (Å²) in [5, 5.41) is 0. The van der Waals surface area contributed by atoms with Crippen LogP contribution in [0.3, 0.4) is 0 Å². The van der Waals surface area contributed by atoms with Crippen LogP contribution in [0, 0.1) is 10.8 Å². The number of ether oxygens (including phenoxy) is 2. The predicted molar refractivity (Wildman–Crippen MR) is 108 cm³/mol. The van der Waals surface area contributed by atoms with Gasteiger partial charge in [0.25, 0.3) is 0 Å². The summed E-state index contributed by atoms with van der Waals surface area (Å²) in [5.74, 6) is -2.03. The quantitative estimate of drug-likeness (QED) is 0.260. The molecule has 1 saturated carbocycles. The van der Waals surface area contributed by atoms with Gasteiger partial charge in [-0.15, -0.1) is 0 Å². The minimum absolute atomic E-state index is 0.106. The van der Waals surface area contributed by atoms with Gasteiger partial charge in [0.1, 0.15) is 5.75 Å². The van der Waals surface area contributed by atoms with E-state index in [1.807, 2.05) is 0 Å². The second-order valence-electron chi connectivity index (χ2n) is 7.07. The molecule has 2 aromatic rings. The standard InChI is InChI=1S/C21H16Br2O5/c1-3-27-18(25)21-16(14-10-13(23)8-9-15(14)28-19(21)26)20(21,2)17(24)11-4-6-12(22)7-5-11/h4-10,16H,3H2,1-2H3/t16-,20+,21-/m0/s1. The third-order valence-corrected chi connectivity index (χ3v) is 6.75. The molecule has 144 valence electrons. The van der Waals surface area contributed by atoms with Crippen molar-refractivity contribution in [2.75, 3.05) is 6.61 Å². The summed E-state index contributed by atoms with van der Waals surface area (Å²) in [4.78, 5) is 39.5. The molecule has 0 N–H and O–H groups in total. The summed E-state index contributed by atoms with van der Waals surface area (Å²) in [6, 6.07) is 12.1. The topological polar surface area (TPSA) is 69.7 Å². The highest BCUT2D eigenvalue weighted by atomic mass is 79.9. The Hall–Kier alpha value is -1.99. The SMILES string of the molecule is CCOC(=O)[C@]12C(=O)Oc3ccc(Br)cc3[C@H]1[C@]2(C)C(=O)c1ccc(Br)cc1. The van der Waals surface area contributed by atoms with E-state index < -0.39 is 28.7 Å². The van der Waals surface area contributed by atoms with E-state index in [9.17, 15) is 14.4 Å². The Bertz CT molecular complexity index is 1020. The molecular weight excluding hydrogens is 492 g/mol. The van der Waals surface area contributed by atoms with Crippen LogP contribution in [0.5, 0.6) is 5.75 Å². The lowest BCUT2D eigenvalue weighted by molar-refractivity contribution is -0.162. The van der Waals surface area contributed by atoms with E-state index in [0.717, 1.165) is 8.95 Å². The molecule has 0 aromatic heterocycles. The van der Waals surface area contributed by atoms with Gasteiger partial charge < -0.3 is 9.47 Å². The van der Waals surface area contributed by atoms with Crippen molar-refractivity contribution < 1.29 is 23.9 Å². The number of carbonyl (C=O) groups excluding carboxylic acids is 3. The first-order valence-electron chi connectivity index (χ1n) is 8.77. The fourth-order valence-corrected chi connectivity index (χ4v) is 5.02. The monoisotopic (exact) mass is 506 g/mol. The number of ketones is 1. The third kappa shape index (κ3) is 2.38. The number of benzene rings is 2. The lowest BCUT2D eigenvalue weighted by atomic mass is 9.87. The summed E-state index contributed by atoms with van der Waals surface area (Å²) in [6.45, 7) is 3.42. The molecule has 0 radical (unpaired) electrons. The number of Topliss-reactive ketones (excluding diaryl/α,β-unsaturated/α-hetero) is 1. The molecule has 5 nitrogen and oxygen atoms in total. The van der Waals surface area contributed by atoms with Gasteiger partial charge in [-0.05, 0) is 44.2 Å². The molecule has 0 amide bonds. The van der Waals surface area contributed by atoms with E-state index >= 15 is 0 Å². The van der Waals surface area contributed by atoms with Crippen LogP contribution in [0.1, 0.15) is 35.7 Å². The summed E-state index contributed by atoms with van der Waals surface area (Å²) >= 11 is 6.77. The number of hydrogen-bond acceptors (Lipinski definition) is 5. The summed E-state index contributed by atoms with van der Waals surface area (Å²) in [5.41, 5.74) is -1.90. The Labute approximate surface area is 178 Å². The first-order chi connectivity index (χ1) is 13.3. The number of carbonyl (C=O) groups is 3. The Morgan fingerprint density at radius 3 is 2.39 bits per heavy atom. The third-order valence-electron chi connectivity index (χ3n) is 5.73. The molecule has 4 rings (SSSR count). The van der Waals surface area contributed by atoms with Gasteiger partial charge in [0.05, 0.1) is 12.0 Å². The molecule has 1 heterocycles. The van der Waals surface area contributed by atoms with Crippen LogP contribution in [0.15, 0.2) is 51.4 Å². The first-order valence-corrected chi connectivity index (χ1v) is 10.4. The van der Waals surface area contributed by atoms with Crippen molar-refractivity contribution in [2.24, 2.45) is 10.8 Å². The Balaban J connectivity index is 1.90. The molecule has 0 saturated heterocycles. The van der Waals surface area contributed by atoms with Crippen LogP contribution in [0.4, 0.5) is 0 Å². The van der Waals surface area contributed by atoms with E-state index in [2.05, 4.69) is 31.9 Å². The highest BCUT2D eigenvalue weighted by Crippen LogP contribution is 2.78. The fraction of sp³-hybridized carbons (Fsp3) is 0.286. The summed E-state index contributed by atoms with van der Waals surface area (Å²) < 4.78 is 12.3. The van der Waals surface area contributed by atoms with E-state index in [-0.39, 0.29) is 12.4 Å². The molecule has 2 aliphatic rings. The molecule has 3 atom stereocenters. The number of hydrogen-bond donors (Lipinski definition) is 0. The largest absolute Gasteiger partial charge is 0.465 e. The minimum Gasteiger partial charge on any atom is -0.465 e. The van der Waals surface area contributed by atoms with Gasteiger partial charge in [0.15, 0.2) is 11.2 Å². The van der Waals surface area contributed by atoms with Crippen LogP contribution in [-0.4, -0.2) is 24.3 Å². The second-order valence-corrected chi connectivity index (χ2v) is 8.90. The molecule has 1 aliphatic carbocycles. The van der Waals surface area contributed by atoms with Gasteiger partial charge in [-0.3, -0.25) is 14.4 Å². The van der Waals surface area contributed by atoms with Crippen molar-refractivity contribution in [3.8, 4) is 5.75 Å². The average Bonchev–Trinajstić information content (AvgIpc) is 3.26. The van der Waals surface area contributed by atoms with Crippen molar-refractivity contribution in [2.45, 2.75) is 19.8 Å². The molecule has 2 aromatic carbocycles. The lowest BCUT2D eigenvalue weighted by Crippen LogP contribution is -2.40. The number of halogens is 2. The van der Waals surface area contributed by atoms with Crippen LogP contribution in [-0.2, 0) is 14.3 Å². The van der Waals surface area contributed by atoms with E-state index in [1.54, 1.807) is 56.3 Å². The molecule has 7 heteroatoms. The van der Waals surface area contributed by atoms with Crippen molar-refractivity contribution in [1.82, 2.24) is 0 Å². The Morgan fingerprint density at radius 2 is 1.75 bits per heavy atom. The maximum atomic E-state index is 13.5. The number of rotatable bonds is 4. The zero-order valence-corrected chi connectivity index (χ0v) is 18.3. The van der Waals surface area contributed by atoms with Gasteiger partial charge >= 0.3 is 11.9 Å².